The maximum absolute atomic E-state index is 13.2. The van der Waals surface area contributed by atoms with Gasteiger partial charge in [0.05, 0.1) is 18.9 Å². The summed E-state index contributed by atoms with van der Waals surface area (Å²) >= 11 is 0. The number of nitrogens with zero attached hydrogens (tertiary/aromatic N) is 2. The van der Waals surface area contributed by atoms with Crippen molar-refractivity contribution in [1.82, 2.24) is 9.80 Å². The third kappa shape index (κ3) is 5.94. The van der Waals surface area contributed by atoms with Crippen LogP contribution < -0.4 is 0 Å². The summed E-state index contributed by atoms with van der Waals surface area (Å²) in [4.78, 5) is 29.5. The molecule has 0 aliphatic carbocycles. The maximum atomic E-state index is 13.2. The number of benzene rings is 1. The van der Waals surface area contributed by atoms with Gasteiger partial charge in [-0.2, -0.15) is 0 Å². The lowest BCUT2D eigenvalue weighted by Crippen LogP contribution is -2.45. The van der Waals surface area contributed by atoms with Crippen LogP contribution in [0, 0.1) is 6.92 Å². The Bertz CT molecular complexity index is 780. The van der Waals surface area contributed by atoms with E-state index in [4.69, 9.17) is 9.15 Å². The Balaban J connectivity index is 1.71. The van der Waals surface area contributed by atoms with E-state index >= 15 is 0 Å². The van der Waals surface area contributed by atoms with Crippen molar-refractivity contribution in [3.8, 4) is 0 Å². The zero-order valence-corrected chi connectivity index (χ0v) is 17.3. The molecule has 0 radical (unpaired) electrons. The molecule has 0 bridgehead atoms. The van der Waals surface area contributed by atoms with Crippen LogP contribution in [0.4, 0.5) is 0 Å². The average Bonchev–Trinajstić information content (AvgIpc) is 3.41. The van der Waals surface area contributed by atoms with Gasteiger partial charge in [0.1, 0.15) is 12.3 Å². The highest BCUT2D eigenvalue weighted by Crippen LogP contribution is 2.16. The maximum Gasteiger partial charge on any atom is 0.254 e. The van der Waals surface area contributed by atoms with Crippen molar-refractivity contribution < 1.29 is 18.7 Å². The Morgan fingerprint density at radius 1 is 1.14 bits per heavy atom. The molecule has 0 spiro atoms. The molecule has 1 atom stereocenters. The first-order valence-electron chi connectivity index (χ1n) is 10.3. The predicted octanol–water partition coefficient (Wildman–Crippen LogP) is 3.65. The molecule has 2 aromatic rings. The number of aryl methyl sites for hydroxylation is 1. The van der Waals surface area contributed by atoms with Crippen molar-refractivity contribution in [3.63, 3.8) is 0 Å². The van der Waals surface area contributed by atoms with Gasteiger partial charge in [-0.1, -0.05) is 24.6 Å². The van der Waals surface area contributed by atoms with Crippen molar-refractivity contribution in [2.75, 3.05) is 26.2 Å². The lowest BCUT2D eigenvalue weighted by atomic mass is 10.1. The quantitative estimate of drug-likeness (QED) is 0.647. The minimum atomic E-state index is -0.115. The topological polar surface area (TPSA) is 63.0 Å². The summed E-state index contributed by atoms with van der Waals surface area (Å²) in [5.41, 5.74) is 1.70. The highest BCUT2D eigenvalue weighted by atomic mass is 16.5. The number of amides is 2. The third-order valence-electron chi connectivity index (χ3n) is 5.13. The summed E-state index contributed by atoms with van der Waals surface area (Å²) in [6.45, 7) is 6.21. The van der Waals surface area contributed by atoms with Crippen LogP contribution in [0.5, 0.6) is 0 Å². The molecule has 29 heavy (non-hydrogen) atoms. The first-order chi connectivity index (χ1) is 14.1. The molecule has 6 nitrogen and oxygen atoms in total. The minimum Gasteiger partial charge on any atom is -0.467 e. The van der Waals surface area contributed by atoms with Crippen LogP contribution >= 0.6 is 0 Å². The van der Waals surface area contributed by atoms with Crippen molar-refractivity contribution in [2.45, 2.75) is 45.8 Å². The van der Waals surface area contributed by atoms with E-state index in [0.29, 0.717) is 25.2 Å². The van der Waals surface area contributed by atoms with E-state index in [-0.39, 0.29) is 24.5 Å². The smallest absolute Gasteiger partial charge is 0.254 e. The minimum absolute atomic E-state index is 0.0429. The second-order valence-electron chi connectivity index (χ2n) is 7.58. The second-order valence-corrected chi connectivity index (χ2v) is 7.58. The average molecular weight is 399 g/mol. The molecule has 1 aliphatic rings. The van der Waals surface area contributed by atoms with Gasteiger partial charge in [-0.3, -0.25) is 9.59 Å². The Hall–Kier alpha value is -2.60. The van der Waals surface area contributed by atoms with Crippen LogP contribution in [0.3, 0.4) is 0 Å². The number of ether oxygens (including phenoxy) is 1. The summed E-state index contributed by atoms with van der Waals surface area (Å²) in [6.07, 6.45) is 4.40. The molecule has 2 heterocycles. The van der Waals surface area contributed by atoms with Crippen molar-refractivity contribution in [3.05, 3.63) is 59.5 Å². The highest BCUT2D eigenvalue weighted by molar-refractivity contribution is 5.96. The molecule has 0 N–H and O–H groups in total. The standard InChI is InChI=1S/C23H30N2O4/c1-3-12-24(23(27)19-10-8-18(2)9-11-19)17-22(26)25(15-20-6-4-13-28-20)16-21-7-5-14-29-21/h4,6,8-11,13,21H,3,5,7,12,14-17H2,1-2H3. The fourth-order valence-electron chi connectivity index (χ4n) is 3.54. The number of hydrogen-bond acceptors (Lipinski definition) is 4. The van der Waals surface area contributed by atoms with Gasteiger partial charge in [-0.25, -0.2) is 0 Å². The Kier molecular flexibility index (Phi) is 7.47. The molecular weight excluding hydrogens is 368 g/mol. The predicted molar refractivity (Wildman–Crippen MR) is 110 cm³/mol. The van der Waals surface area contributed by atoms with Gasteiger partial charge in [-0.05, 0) is 50.5 Å². The van der Waals surface area contributed by atoms with Gasteiger partial charge in [0.2, 0.25) is 5.91 Å². The monoisotopic (exact) mass is 398 g/mol. The SMILES string of the molecule is CCCN(CC(=O)N(Cc1ccco1)CC1CCCO1)C(=O)c1ccc(C)cc1. The zero-order chi connectivity index (χ0) is 20.6. The van der Waals surface area contributed by atoms with E-state index in [0.717, 1.165) is 37.2 Å². The Labute approximate surface area is 172 Å². The highest BCUT2D eigenvalue weighted by Gasteiger charge is 2.26. The molecular formula is C23H30N2O4. The molecule has 0 saturated carbocycles. The number of rotatable bonds is 9. The molecule has 1 fully saturated rings. The van der Waals surface area contributed by atoms with E-state index < -0.39 is 0 Å². The van der Waals surface area contributed by atoms with E-state index in [1.807, 2.05) is 50.2 Å². The molecule has 1 unspecified atom stereocenters. The zero-order valence-electron chi connectivity index (χ0n) is 17.3. The lowest BCUT2D eigenvalue weighted by molar-refractivity contribution is -0.134. The molecule has 2 amide bonds. The summed E-state index contributed by atoms with van der Waals surface area (Å²) in [5.74, 6) is 0.518. The van der Waals surface area contributed by atoms with Gasteiger partial charge in [0, 0.05) is 25.3 Å². The molecule has 1 aromatic carbocycles. The van der Waals surface area contributed by atoms with E-state index in [1.165, 1.54) is 0 Å². The summed E-state index contributed by atoms with van der Waals surface area (Å²) in [6, 6.07) is 11.1. The van der Waals surface area contributed by atoms with Crippen LogP contribution in [0.2, 0.25) is 0 Å². The molecule has 1 saturated heterocycles. The van der Waals surface area contributed by atoms with Crippen LogP contribution in [-0.2, 0) is 16.1 Å². The fourth-order valence-corrected chi connectivity index (χ4v) is 3.54. The van der Waals surface area contributed by atoms with Crippen molar-refractivity contribution in [2.24, 2.45) is 0 Å². The Morgan fingerprint density at radius 2 is 1.93 bits per heavy atom. The van der Waals surface area contributed by atoms with E-state index in [2.05, 4.69) is 0 Å². The number of furan rings is 1. The van der Waals surface area contributed by atoms with Gasteiger partial charge in [0.25, 0.3) is 5.91 Å². The van der Waals surface area contributed by atoms with Gasteiger partial charge >= 0.3 is 0 Å². The molecule has 1 aliphatic heterocycles. The number of carbonyl (C=O) groups excluding carboxylic acids is 2. The van der Waals surface area contributed by atoms with Crippen molar-refractivity contribution in [1.29, 1.82) is 0 Å². The first-order valence-corrected chi connectivity index (χ1v) is 10.3. The summed E-state index contributed by atoms with van der Waals surface area (Å²) < 4.78 is 11.2. The second kappa shape index (κ2) is 10.3. The summed E-state index contributed by atoms with van der Waals surface area (Å²) in [5, 5.41) is 0. The van der Waals surface area contributed by atoms with Gasteiger partial charge in [0.15, 0.2) is 0 Å². The van der Waals surface area contributed by atoms with E-state index in [9.17, 15) is 9.59 Å². The number of hydrogen-bond donors (Lipinski definition) is 0. The van der Waals surface area contributed by atoms with Gasteiger partial charge in [-0.15, -0.1) is 0 Å². The van der Waals surface area contributed by atoms with Crippen LogP contribution in [0.15, 0.2) is 47.1 Å². The van der Waals surface area contributed by atoms with E-state index in [1.54, 1.807) is 16.1 Å². The van der Waals surface area contributed by atoms with Gasteiger partial charge < -0.3 is 19.0 Å². The summed E-state index contributed by atoms with van der Waals surface area (Å²) in [7, 11) is 0. The molecule has 156 valence electrons. The van der Waals surface area contributed by atoms with Crippen LogP contribution in [0.1, 0.15) is 47.9 Å². The lowest BCUT2D eigenvalue weighted by Gasteiger charge is -2.28. The normalized spacial score (nSPS) is 16.0. The van der Waals surface area contributed by atoms with Crippen LogP contribution in [-0.4, -0.2) is 54.0 Å². The largest absolute Gasteiger partial charge is 0.467 e. The van der Waals surface area contributed by atoms with Crippen LogP contribution in [0.25, 0.3) is 0 Å². The molecule has 1 aromatic heterocycles. The molecule has 6 heteroatoms. The first kappa shape index (κ1) is 21.1. The fraction of sp³-hybridized carbons (Fsp3) is 0.478. The number of carbonyl (C=O) groups is 2. The Morgan fingerprint density at radius 3 is 2.55 bits per heavy atom. The van der Waals surface area contributed by atoms with Crippen molar-refractivity contribution >= 4 is 11.8 Å². The molecule has 3 rings (SSSR count). The third-order valence-corrected chi connectivity index (χ3v) is 5.13.